The first-order chi connectivity index (χ1) is 9.25. The van der Waals surface area contributed by atoms with Gasteiger partial charge in [-0.3, -0.25) is 4.79 Å². The third-order valence-corrected chi connectivity index (χ3v) is 5.58. The molecule has 1 aromatic carbocycles. The number of sulfone groups is 1. The van der Waals surface area contributed by atoms with Crippen molar-refractivity contribution in [1.29, 1.82) is 0 Å². The number of carbonyl (C=O) groups excluding carboxylic acids is 1. The SMILES string of the molecule is CC(C)C(=O)CCCc1ccc(S(=O)(=O)C(C)C)cc1. The molecule has 0 unspecified atom stereocenters. The Bertz CT molecular complexity index is 540. The Labute approximate surface area is 122 Å². The zero-order chi connectivity index (χ0) is 15.3. The molecule has 1 aromatic rings. The first-order valence-corrected chi connectivity index (χ1v) is 8.65. The zero-order valence-corrected chi connectivity index (χ0v) is 13.5. The number of benzene rings is 1. The van der Waals surface area contributed by atoms with E-state index < -0.39 is 15.1 Å². The highest BCUT2D eigenvalue weighted by Gasteiger charge is 2.18. The average molecular weight is 296 g/mol. The van der Waals surface area contributed by atoms with Crippen LogP contribution in [0.1, 0.15) is 46.1 Å². The molecule has 0 heterocycles. The van der Waals surface area contributed by atoms with Gasteiger partial charge in [-0.05, 0) is 44.4 Å². The molecular formula is C16H24O3S. The Balaban J connectivity index is 2.62. The third kappa shape index (κ3) is 4.44. The van der Waals surface area contributed by atoms with Gasteiger partial charge in [-0.2, -0.15) is 0 Å². The topological polar surface area (TPSA) is 51.2 Å². The van der Waals surface area contributed by atoms with Crippen molar-refractivity contribution in [2.75, 3.05) is 0 Å². The van der Waals surface area contributed by atoms with E-state index in [0.717, 1.165) is 18.4 Å². The number of Topliss-reactive ketones (excluding diaryl/α,β-unsaturated/α-hetero) is 1. The molecule has 0 saturated heterocycles. The molecular weight excluding hydrogens is 272 g/mol. The summed E-state index contributed by atoms with van der Waals surface area (Å²) in [6.07, 6.45) is 2.21. The highest BCUT2D eigenvalue weighted by molar-refractivity contribution is 7.92. The van der Waals surface area contributed by atoms with E-state index in [0.29, 0.717) is 11.3 Å². The van der Waals surface area contributed by atoms with E-state index in [4.69, 9.17) is 0 Å². The normalized spacial score (nSPS) is 12.1. The van der Waals surface area contributed by atoms with Crippen molar-refractivity contribution in [3.8, 4) is 0 Å². The summed E-state index contributed by atoms with van der Waals surface area (Å²) in [5.41, 5.74) is 1.07. The predicted molar refractivity (Wildman–Crippen MR) is 81.5 cm³/mol. The van der Waals surface area contributed by atoms with Crippen molar-refractivity contribution < 1.29 is 13.2 Å². The number of aryl methyl sites for hydroxylation is 1. The fourth-order valence-electron chi connectivity index (χ4n) is 1.87. The lowest BCUT2D eigenvalue weighted by Gasteiger charge is -2.09. The molecule has 112 valence electrons. The smallest absolute Gasteiger partial charge is 0.180 e. The maximum atomic E-state index is 12.0. The van der Waals surface area contributed by atoms with Crippen LogP contribution in [0.5, 0.6) is 0 Å². The summed E-state index contributed by atoms with van der Waals surface area (Å²) in [6, 6.07) is 7.01. The molecule has 0 atom stereocenters. The minimum Gasteiger partial charge on any atom is -0.299 e. The summed E-state index contributed by atoms with van der Waals surface area (Å²) in [6.45, 7) is 7.18. The molecule has 3 nitrogen and oxygen atoms in total. The monoisotopic (exact) mass is 296 g/mol. The second-order valence-corrected chi connectivity index (χ2v) is 8.22. The standard InChI is InChI=1S/C16H24O3S/c1-12(2)16(17)7-5-6-14-8-10-15(11-9-14)20(18,19)13(3)4/h8-13H,5-7H2,1-4H3. The van der Waals surface area contributed by atoms with Crippen LogP contribution in [-0.2, 0) is 21.1 Å². The van der Waals surface area contributed by atoms with E-state index in [1.54, 1.807) is 26.0 Å². The average Bonchev–Trinajstić information content (AvgIpc) is 2.38. The van der Waals surface area contributed by atoms with Crippen LogP contribution in [0.25, 0.3) is 0 Å². The van der Waals surface area contributed by atoms with Gasteiger partial charge in [-0.1, -0.05) is 26.0 Å². The molecule has 0 aliphatic carbocycles. The van der Waals surface area contributed by atoms with Gasteiger partial charge in [0.05, 0.1) is 10.1 Å². The van der Waals surface area contributed by atoms with Crippen LogP contribution in [0.4, 0.5) is 0 Å². The van der Waals surface area contributed by atoms with Crippen molar-refractivity contribution in [2.45, 2.75) is 57.1 Å². The van der Waals surface area contributed by atoms with E-state index in [1.165, 1.54) is 0 Å². The quantitative estimate of drug-likeness (QED) is 0.774. The minimum atomic E-state index is -3.19. The molecule has 4 heteroatoms. The number of carbonyl (C=O) groups is 1. The van der Waals surface area contributed by atoms with E-state index in [9.17, 15) is 13.2 Å². The van der Waals surface area contributed by atoms with Gasteiger partial charge in [0.1, 0.15) is 5.78 Å². The van der Waals surface area contributed by atoms with Gasteiger partial charge in [0.2, 0.25) is 0 Å². The minimum absolute atomic E-state index is 0.0913. The Kier molecular flexibility index (Phi) is 5.93. The largest absolute Gasteiger partial charge is 0.299 e. The molecule has 0 aliphatic heterocycles. The molecule has 0 bridgehead atoms. The molecule has 0 amide bonds. The van der Waals surface area contributed by atoms with Crippen LogP contribution >= 0.6 is 0 Å². The molecule has 20 heavy (non-hydrogen) atoms. The van der Waals surface area contributed by atoms with Crippen LogP contribution in [0.2, 0.25) is 0 Å². The van der Waals surface area contributed by atoms with Crippen LogP contribution in [0.3, 0.4) is 0 Å². The maximum Gasteiger partial charge on any atom is 0.180 e. The lowest BCUT2D eigenvalue weighted by molar-refractivity contribution is -0.121. The third-order valence-electron chi connectivity index (χ3n) is 3.41. The maximum absolute atomic E-state index is 12.0. The lowest BCUT2D eigenvalue weighted by atomic mass is 10.0. The summed E-state index contributed by atoms with van der Waals surface area (Å²) < 4.78 is 24.0. The Morgan fingerprint density at radius 3 is 2.05 bits per heavy atom. The molecule has 0 aliphatic rings. The summed E-state index contributed by atoms with van der Waals surface area (Å²) in [5.74, 6) is 0.373. The lowest BCUT2D eigenvalue weighted by Crippen LogP contribution is -2.13. The number of hydrogen-bond acceptors (Lipinski definition) is 3. The second-order valence-electron chi connectivity index (χ2n) is 5.71. The van der Waals surface area contributed by atoms with E-state index in [-0.39, 0.29) is 11.7 Å². The van der Waals surface area contributed by atoms with Gasteiger partial charge in [0, 0.05) is 12.3 Å². The second kappa shape index (κ2) is 7.02. The molecule has 1 rings (SSSR count). The van der Waals surface area contributed by atoms with Crippen LogP contribution in [0, 0.1) is 5.92 Å². The van der Waals surface area contributed by atoms with Crippen molar-refractivity contribution in [3.05, 3.63) is 29.8 Å². The van der Waals surface area contributed by atoms with Gasteiger partial charge >= 0.3 is 0 Å². The first kappa shape index (κ1) is 16.9. The summed E-state index contributed by atoms with van der Waals surface area (Å²) in [5, 5.41) is -0.406. The fraction of sp³-hybridized carbons (Fsp3) is 0.562. The highest BCUT2D eigenvalue weighted by Crippen LogP contribution is 2.17. The molecule has 0 saturated carbocycles. The Hall–Kier alpha value is -1.16. The van der Waals surface area contributed by atoms with Crippen molar-refractivity contribution in [1.82, 2.24) is 0 Å². The summed E-state index contributed by atoms with van der Waals surface area (Å²) in [4.78, 5) is 11.9. The van der Waals surface area contributed by atoms with Crippen LogP contribution in [0.15, 0.2) is 29.2 Å². The number of rotatable bonds is 7. The Morgan fingerprint density at radius 1 is 1.05 bits per heavy atom. The zero-order valence-electron chi connectivity index (χ0n) is 12.7. The Morgan fingerprint density at radius 2 is 1.60 bits per heavy atom. The predicted octanol–water partition coefficient (Wildman–Crippen LogP) is 3.42. The van der Waals surface area contributed by atoms with Gasteiger partial charge < -0.3 is 0 Å². The molecule has 0 radical (unpaired) electrons. The molecule has 0 fully saturated rings. The van der Waals surface area contributed by atoms with E-state index >= 15 is 0 Å². The molecule has 0 N–H and O–H groups in total. The van der Waals surface area contributed by atoms with Crippen LogP contribution < -0.4 is 0 Å². The first-order valence-electron chi connectivity index (χ1n) is 7.10. The van der Waals surface area contributed by atoms with Gasteiger partial charge in [0.25, 0.3) is 0 Å². The summed E-state index contributed by atoms with van der Waals surface area (Å²) >= 11 is 0. The van der Waals surface area contributed by atoms with Gasteiger partial charge in [0.15, 0.2) is 9.84 Å². The van der Waals surface area contributed by atoms with Gasteiger partial charge in [-0.25, -0.2) is 8.42 Å². The highest BCUT2D eigenvalue weighted by atomic mass is 32.2. The van der Waals surface area contributed by atoms with Crippen LogP contribution in [-0.4, -0.2) is 19.5 Å². The number of hydrogen-bond donors (Lipinski definition) is 0. The molecule has 0 spiro atoms. The van der Waals surface area contributed by atoms with Gasteiger partial charge in [-0.15, -0.1) is 0 Å². The van der Waals surface area contributed by atoms with E-state index in [2.05, 4.69) is 0 Å². The van der Waals surface area contributed by atoms with Crippen molar-refractivity contribution in [2.24, 2.45) is 5.92 Å². The number of ketones is 1. The molecule has 0 aromatic heterocycles. The van der Waals surface area contributed by atoms with Crippen molar-refractivity contribution in [3.63, 3.8) is 0 Å². The fourth-order valence-corrected chi connectivity index (χ4v) is 2.93. The summed E-state index contributed by atoms with van der Waals surface area (Å²) in [7, 11) is -3.19. The van der Waals surface area contributed by atoms with E-state index in [1.807, 2.05) is 26.0 Å². The van der Waals surface area contributed by atoms with Crippen molar-refractivity contribution >= 4 is 15.6 Å².